The van der Waals surface area contributed by atoms with Crippen LogP contribution in [0.2, 0.25) is 0 Å². The first kappa shape index (κ1) is 17.9. The van der Waals surface area contributed by atoms with Crippen LogP contribution in [0.3, 0.4) is 0 Å². The number of thiophene rings is 1. The molecule has 0 aliphatic heterocycles. The van der Waals surface area contributed by atoms with Gasteiger partial charge in [0.1, 0.15) is 5.65 Å². The van der Waals surface area contributed by atoms with Gasteiger partial charge in [-0.25, -0.2) is 4.98 Å². The number of hydrogen-bond acceptors (Lipinski definition) is 5. The Labute approximate surface area is 172 Å². The number of imidazole rings is 1. The summed E-state index contributed by atoms with van der Waals surface area (Å²) in [6.07, 6.45) is 7.76. The van der Waals surface area contributed by atoms with Gasteiger partial charge in [0, 0.05) is 40.5 Å². The van der Waals surface area contributed by atoms with E-state index in [0.29, 0.717) is 0 Å². The van der Waals surface area contributed by atoms with Gasteiger partial charge in [-0.2, -0.15) is 0 Å². The second kappa shape index (κ2) is 7.37. The Morgan fingerprint density at radius 2 is 2.21 bits per heavy atom. The van der Waals surface area contributed by atoms with E-state index in [0.717, 1.165) is 47.0 Å². The Kier molecular flexibility index (Phi) is 4.72. The van der Waals surface area contributed by atoms with Crippen LogP contribution in [-0.4, -0.2) is 24.1 Å². The zero-order valence-corrected chi connectivity index (χ0v) is 17.8. The molecular formula is C21H23N5S2. The maximum absolute atomic E-state index is 4.69. The molecule has 1 unspecified atom stereocenters. The Hall–Kier alpha value is -2.12. The van der Waals surface area contributed by atoms with Crippen LogP contribution in [0.5, 0.6) is 0 Å². The van der Waals surface area contributed by atoms with Crippen molar-refractivity contribution in [2.75, 3.05) is 0 Å². The fourth-order valence-corrected chi connectivity index (χ4v) is 6.07. The quantitative estimate of drug-likeness (QED) is 0.431. The molecular weight excluding hydrogens is 386 g/mol. The second-order valence-electron chi connectivity index (χ2n) is 7.44. The zero-order chi connectivity index (χ0) is 19.1. The van der Waals surface area contributed by atoms with Gasteiger partial charge in [-0.15, -0.1) is 21.5 Å². The van der Waals surface area contributed by atoms with Crippen LogP contribution in [-0.2, 0) is 25.1 Å². The van der Waals surface area contributed by atoms with E-state index in [1.165, 1.54) is 24.0 Å². The molecule has 4 heterocycles. The Bertz CT molecular complexity index is 1090. The lowest BCUT2D eigenvalue weighted by molar-refractivity contribution is 0.508. The highest BCUT2D eigenvalue weighted by molar-refractivity contribution is 7.98. The van der Waals surface area contributed by atoms with Crippen LogP contribution in [0.1, 0.15) is 36.4 Å². The summed E-state index contributed by atoms with van der Waals surface area (Å²) < 4.78 is 4.31. The molecule has 0 radical (unpaired) electrons. The summed E-state index contributed by atoms with van der Waals surface area (Å²) in [6.45, 7) is 5.39. The van der Waals surface area contributed by atoms with E-state index >= 15 is 0 Å². The molecule has 1 atom stereocenters. The van der Waals surface area contributed by atoms with Gasteiger partial charge in [0.15, 0.2) is 11.0 Å². The van der Waals surface area contributed by atoms with Crippen LogP contribution >= 0.6 is 23.1 Å². The van der Waals surface area contributed by atoms with E-state index in [9.17, 15) is 0 Å². The Morgan fingerprint density at radius 1 is 1.29 bits per heavy atom. The average molecular weight is 410 g/mol. The largest absolute Gasteiger partial charge is 0.307 e. The summed E-state index contributed by atoms with van der Waals surface area (Å²) >= 11 is 3.60. The van der Waals surface area contributed by atoms with Crippen LogP contribution in [0, 0.1) is 5.92 Å². The highest BCUT2D eigenvalue weighted by Gasteiger charge is 2.24. The minimum absolute atomic E-state index is 0.791. The van der Waals surface area contributed by atoms with Crippen LogP contribution in [0.25, 0.3) is 17.0 Å². The van der Waals surface area contributed by atoms with Crippen LogP contribution in [0.15, 0.2) is 41.1 Å². The van der Waals surface area contributed by atoms with Gasteiger partial charge >= 0.3 is 0 Å². The lowest BCUT2D eigenvalue weighted by atomic mass is 9.88. The number of rotatable bonds is 5. The highest BCUT2D eigenvalue weighted by Crippen LogP contribution is 2.38. The molecule has 5 nitrogen and oxygen atoms in total. The van der Waals surface area contributed by atoms with E-state index in [1.54, 1.807) is 16.6 Å². The minimum atomic E-state index is 0.791. The molecule has 0 fully saturated rings. The first-order chi connectivity index (χ1) is 13.7. The number of hydrogen-bond donors (Lipinski definition) is 0. The van der Waals surface area contributed by atoms with Gasteiger partial charge in [0.05, 0.1) is 5.69 Å². The van der Waals surface area contributed by atoms with Crippen molar-refractivity contribution in [2.24, 2.45) is 5.92 Å². The average Bonchev–Trinajstić information content (AvgIpc) is 3.41. The topological polar surface area (TPSA) is 48.0 Å². The number of thioether (sulfide) groups is 1. The SMILES string of the molecule is CCn1c(SCc2cn3ccccc3n2)nnc1-c1csc2c1CCC(C)C2. The third kappa shape index (κ3) is 3.16. The summed E-state index contributed by atoms with van der Waals surface area (Å²) in [5, 5.41) is 12.4. The number of fused-ring (bicyclic) bond motifs is 2. The van der Waals surface area contributed by atoms with E-state index in [4.69, 9.17) is 4.98 Å². The van der Waals surface area contributed by atoms with Crippen LogP contribution in [0.4, 0.5) is 0 Å². The lowest BCUT2D eigenvalue weighted by Gasteiger charge is -2.19. The fraction of sp³-hybridized carbons (Fsp3) is 0.381. The summed E-state index contributed by atoms with van der Waals surface area (Å²) in [5.41, 5.74) is 4.84. The van der Waals surface area contributed by atoms with Crippen molar-refractivity contribution in [3.8, 4) is 11.4 Å². The molecule has 5 rings (SSSR count). The van der Waals surface area contributed by atoms with E-state index < -0.39 is 0 Å². The van der Waals surface area contributed by atoms with Crippen LogP contribution < -0.4 is 0 Å². The van der Waals surface area contributed by atoms with Gasteiger partial charge in [-0.3, -0.25) is 0 Å². The van der Waals surface area contributed by atoms with Gasteiger partial charge in [0.2, 0.25) is 0 Å². The molecule has 0 saturated carbocycles. The zero-order valence-electron chi connectivity index (χ0n) is 16.1. The molecule has 144 valence electrons. The van der Waals surface area contributed by atoms with Crippen molar-refractivity contribution in [3.63, 3.8) is 0 Å². The molecule has 1 aliphatic rings. The first-order valence-electron chi connectivity index (χ1n) is 9.81. The number of pyridine rings is 1. The van der Waals surface area contributed by atoms with Gasteiger partial charge in [0.25, 0.3) is 0 Å². The van der Waals surface area contributed by atoms with Crippen molar-refractivity contribution >= 4 is 28.7 Å². The van der Waals surface area contributed by atoms with E-state index in [1.807, 2.05) is 35.7 Å². The summed E-state index contributed by atoms with van der Waals surface area (Å²) in [5.74, 6) is 2.60. The minimum Gasteiger partial charge on any atom is -0.307 e. The predicted molar refractivity (Wildman–Crippen MR) is 115 cm³/mol. The summed E-state index contributed by atoms with van der Waals surface area (Å²) in [7, 11) is 0. The molecule has 7 heteroatoms. The van der Waals surface area contributed by atoms with E-state index in [-0.39, 0.29) is 0 Å². The van der Waals surface area contributed by atoms with Gasteiger partial charge in [-0.1, -0.05) is 24.8 Å². The fourth-order valence-electron chi connectivity index (χ4n) is 3.94. The smallest absolute Gasteiger partial charge is 0.191 e. The summed E-state index contributed by atoms with van der Waals surface area (Å²) in [6, 6.07) is 6.07. The molecule has 0 saturated heterocycles. The monoisotopic (exact) mass is 409 g/mol. The lowest BCUT2D eigenvalue weighted by Crippen LogP contribution is -2.10. The van der Waals surface area contributed by atoms with E-state index in [2.05, 4.69) is 44.6 Å². The molecule has 1 aliphatic carbocycles. The molecule has 0 amide bonds. The third-order valence-corrected chi connectivity index (χ3v) is 7.49. The summed E-state index contributed by atoms with van der Waals surface area (Å²) in [4.78, 5) is 6.23. The normalized spacial score (nSPS) is 16.6. The Balaban J connectivity index is 1.41. The number of aromatic nitrogens is 5. The Morgan fingerprint density at radius 3 is 3.07 bits per heavy atom. The standard InChI is InChI=1S/C21H23N5S2/c1-3-26-20(17-13-27-18-10-14(2)7-8-16(17)18)23-24-21(26)28-12-15-11-25-9-5-4-6-19(25)22-15/h4-6,9,11,13-14H,3,7-8,10,12H2,1-2H3. The molecule has 0 bridgehead atoms. The molecule has 0 spiro atoms. The van der Waals surface area contributed by atoms with Crippen molar-refractivity contribution in [3.05, 3.63) is 52.1 Å². The van der Waals surface area contributed by atoms with Crippen molar-refractivity contribution in [1.82, 2.24) is 24.1 Å². The van der Waals surface area contributed by atoms with Gasteiger partial charge in [-0.05, 0) is 49.8 Å². The third-order valence-electron chi connectivity index (χ3n) is 5.44. The van der Waals surface area contributed by atoms with Gasteiger partial charge < -0.3 is 8.97 Å². The molecule has 4 aromatic heterocycles. The first-order valence-corrected chi connectivity index (χ1v) is 11.7. The predicted octanol–water partition coefficient (Wildman–Crippen LogP) is 5.09. The van der Waals surface area contributed by atoms with Crippen molar-refractivity contribution in [1.29, 1.82) is 0 Å². The molecule has 0 N–H and O–H groups in total. The van der Waals surface area contributed by atoms with Crippen molar-refractivity contribution in [2.45, 2.75) is 50.6 Å². The number of nitrogens with zero attached hydrogens (tertiary/aromatic N) is 5. The van der Waals surface area contributed by atoms with Crippen molar-refractivity contribution < 1.29 is 0 Å². The maximum atomic E-state index is 4.69. The second-order valence-corrected chi connectivity index (χ2v) is 9.34. The molecule has 28 heavy (non-hydrogen) atoms. The maximum Gasteiger partial charge on any atom is 0.191 e. The molecule has 4 aromatic rings. The highest BCUT2D eigenvalue weighted by atomic mass is 32.2. The molecule has 0 aromatic carbocycles.